The van der Waals surface area contributed by atoms with Gasteiger partial charge in [0, 0.05) is 16.7 Å². The number of pyridine rings is 1. The molecule has 4 nitrogen and oxygen atoms in total. The second kappa shape index (κ2) is 7.95. The van der Waals surface area contributed by atoms with E-state index in [1.54, 1.807) is 48.5 Å². The van der Waals surface area contributed by atoms with Crippen molar-refractivity contribution in [1.29, 1.82) is 0 Å². The molecule has 0 atom stereocenters. The molecule has 0 aliphatic heterocycles. The fourth-order valence-corrected chi connectivity index (χ4v) is 4.74. The quantitative estimate of drug-likeness (QED) is 0.171. The van der Waals surface area contributed by atoms with Gasteiger partial charge < -0.3 is 5.11 Å². The van der Waals surface area contributed by atoms with Crippen LogP contribution in [0.3, 0.4) is 0 Å². The number of halogens is 1. The molecule has 0 amide bonds. The first kappa shape index (κ1) is 19.4. The topological polar surface area (TPSA) is 56.6 Å². The van der Waals surface area contributed by atoms with Gasteiger partial charge in [0.2, 0.25) is 0 Å². The maximum Gasteiger partial charge on any atom is 0.296 e. The summed E-state index contributed by atoms with van der Waals surface area (Å²) in [7, 11) is 0. The highest BCUT2D eigenvalue weighted by Crippen LogP contribution is 2.33. The van der Waals surface area contributed by atoms with E-state index in [1.165, 1.54) is 11.3 Å². The van der Waals surface area contributed by atoms with E-state index in [9.17, 15) is 9.90 Å². The minimum Gasteiger partial charge on any atom is -0.858 e. The summed E-state index contributed by atoms with van der Waals surface area (Å²) in [5.41, 5.74) is 1.31. The Kier molecular flexibility index (Phi) is 4.98. The van der Waals surface area contributed by atoms with Crippen LogP contribution in [0.2, 0.25) is 5.02 Å². The molecule has 0 spiro atoms. The number of hydrogen-bond donors (Lipinski definition) is 0. The average Bonchev–Trinajstić information content (AvgIpc) is 3.18. The van der Waals surface area contributed by atoms with Crippen LogP contribution in [0.15, 0.2) is 96.1 Å². The second-order valence-corrected chi connectivity index (χ2v) is 8.37. The van der Waals surface area contributed by atoms with E-state index in [2.05, 4.69) is 4.99 Å². The van der Waals surface area contributed by atoms with E-state index in [-0.39, 0.29) is 11.7 Å². The number of thiazole rings is 1. The number of ketones is 1. The molecule has 0 N–H and O–H groups in total. The fourth-order valence-electron chi connectivity index (χ4n) is 3.47. The average molecular weight is 443 g/mol. The maximum absolute atomic E-state index is 13.5. The molecule has 0 saturated heterocycles. The Morgan fingerprint density at radius 2 is 1.58 bits per heavy atom. The first-order valence-electron chi connectivity index (χ1n) is 9.59. The summed E-state index contributed by atoms with van der Waals surface area (Å²) in [6.45, 7) is 0. The third-order valence-electron chi connectivity index (χ3n) is 5.00. The number of fused-ring (bicyclic) bond motifs is 3. The monoisotopic (exact) mass is 442 g/mol. The van der Waals surface area contributed by atoms with Crippen LogP contribution in [0, 0.1) is 0 Å². The van der Waals surface area contributed by atoms with Gasteiger partial charge in [-0.05, 0) is 58.5 Å². The van der Waals surface area contributed by atoms with Gasteiger partial charge in [0.1, 0.15) is 0 Å². The molecular weight excluding hydrogens is 428 g/mol. The second-order valence-electron chi connectivity index (χ2n) is 6.95. The number of aromatic nitrogens is 1. The molecular formula is C25H15ClN2O2S. The van der Waals surface area contributed by atoms with Crippen LogP contribution in [-0.4, -0.2) is 11.7 Å². The zero-order valence-electron chi connectivity index (χ0n) is 16.2. The fraction of sp³-hybridized carbons (Fsp3) is 0. The summed E-state index contributed by atoms with van der Waals surface area (Å²) >= 11 is 7.32. The Balaban J connectivity index is 1.76. The molecule has 0 saturated carbocycles. The van der Waals surface area contributed by atoms with Gasteiger partial charge in [-0.2, -0.15) is 0 Å². The van der Waals surface area contributed by atoms with Crippen molar-refractivity contribution in [3.63, 3.8) is 0 Å². The molecule has 2 aromatic heterocycles. The van der Waals surface area contributed by atoms with Gasteiger partial charge in [-0.3, -0.25) is 4.79 Å². The number of aliphatic imine (C=N–C) groups is 1. The number of carbonyl (C=O) groups is 1. The lowest BCUT2D eigenvalue weighted by Crippen LogP contribution is -2.28. The van der Waals surface area contributed by atoms with Gasteiger partial charge in [-0.1, -0.05) is 60.1 Å². The number of rotatable bonds is 4. The Bertz CT molecular complexity index is 1460. The summed E-state index contributed by atoms with van der Waals surface area (Å²) in [5.74, 6) is -0.606. The highest BCUT2D eigenvalue weighted by molar-refractivity contribution is 7.21. The van der Waals surface area contributed by atoms with E-state index >= 15 is 0 Å². The lowest BCUT2D eigenvalue weighted by atomic mass is 10.1. The van der Waals surface area contributed by atoms with Crippen molar-refractivity contribution in [2.75, 3.05) is 0 Å². The van der Waals surface area contributed by atoms with Crippen molar-refractivity contribution >= 4 is 55.2 Å². The van der Waals surface area contributed by atoms with Crippen LogP contribution < -0.4 is 9.51 Å². The summed E-state index contributed by atoms with van der Waals surface area (Å²) in [6, 6.07) is 25.4. The van der Waals surface area contributed by atoms with Crippen molar-refractivity contribution in [2.24, 2.45) is 4.99 Å². The zero-order valence-corrected chi connectivity index (χ0v) is 17.7. The highest BCUT2D eigenvalue weighted by atomic mass is 35.5. The van der Waals surface area contributed by atoms with E-state index in [0.717, 1.165) is 15.6 Å². The van der Waals surface area contributed by atoms with Crippen LogP contribution >= 0.6 is 22.9 Å². The third kappa shape index (κ3) is 3.58. The predicted molar refractivity (Wildman–Crippen MR) is 123 cm³/mol. The summed E-state index contributed by atoms with van der Waals surface area (Å²) in [5, 5.41) is 15.8. The van der Waals surface area contributed by atoms with Gasteiger partial charge >= 0.3 is 0 Å². The van der Waals surface area contributed by atoms with Gasteiger partial charge in [-0.15, -0.1) is 4.40 Å². The molecule has 5 aromatic rings. The van der Waals surface area contributed by atoms with Crippen LogP contribution in [0.25, 0.3) is 15.6 Å². The molecule has 0 unspecified atom stereocenters. The molecule has 0 fully saturated rings. The lowest BCUT2D eigenvalue weighted by Gasteiger charge is -2.09. The van der Waals surface area contributed by atoms with E-state index < -0.39 is 0 Å². The zero-order chi connectivity index (χ0) is 21.4. The van der Waals surface area contributed by atoms with Crippen LogP contribution in [0.5, 0.6) is 0 Å². The van der Waals surface area contributed by atoms with E-state index in [4.69, 9.17) is 11.6 Å². The molecule has 0 radical (unpaired) electrons. The van der Waals surface area contributed by atoms with Gasteiger partial charge in [0.25, 0.3) is 16.3 Å². The Morgan fingerprint density at radius 1 is 0.871 bits per heavy atom. The first-order valence-corrected chi connectivity index (χ1v) is 10.8. The van der Waals surface area contributed by atoms with Crippen molar-refractivity contribution < 1.29 is 14.3 Å². The molecule has 6 heteroatoms. The molecule has 3 aromatic carbocycles. The Hall–Kier alpha value is -3.54. The molecule has 0 aliphatic rings. The molecule has 0 bridgehead atoms. The SMILES string of the molecule is O=C(c1ccc(Cl)cc1)c1c(/N=C(\[O-])c2ccccc2)sc2c3ccccc3cc[n+]12. The van der Waals surface area contributed by atoms with E-state index in [1.807, 2.05) is 47.0 Å². The number of nitrogens with zero attached hydrogens (tertiary/aromatic N) is 2. The number of carbonyl (C=O) groups excluding carboxylic acids is 1. The molecule has 0 aliphatic carbocycles. The Labute approximate surface area is 187 Å². The Morgan fingerprint density at radius 3 is 2.35 bits per heavy atom. The first-order chi connectivity index (χ1) is 15.1. The lowest BCUT2D eigenvalue weighted by molar-refractivity contribution is -0.508. The molecule has 150 valence electrons. The summed E-state index contributed by atoms with van der Waals surface area (Å²) in [4.78, 5) is 18.7. The normalized spacial score (nSPS) is 11.8. The van der Waals surface area contributed by atoms with Crippen LogP contribution in [-0.2, 0) is 0 Å². The standard InChI is InChI=1S/C25H15ClN2O2S/c26-19-12-10-17(11-13-19)22(29)21-24(27-23(30)18-7-2-1-3-8-18)31-25-20-9-5-4-6-16(20)14-15-28(21)25/h1-15H. The van der Waals surface area contributed by atoms with Crippen LogP contribution in [0.1, 0.15) is 21.6 Å². The predicted octanol–water partition coefficient (Wildman–Crippen LogP) is 4.96. The number of hydrogen-bond acceptors (Lipinski definition) is 4. The minimum atomic E-state index is -0.387. The molecule has 5 rings (SSSR count). The highest BCUT2D eigenvalue weighted by Gasteiger charge is 2.30. The third-order valence-corrected chi connectivity index (χ3v) is 6.34. The van der Waals surface area contributed by atoms with Gasteiger partial charge in [-0.25, -0.2) is 4.99 Å². The van der Waals surface area contributed by atoms with Crippen molar-refractivity contribution in [3.8, 4) is 0 Å². The summed E-state index contributed by atoms with van der Waals surface area (Å²) in [6.07, 6.45) is 1.85. The minimum absolute atomic E-state index is 0.220. The van der Waals surface area contributed by atoms with Crippen molar-refractivity contribution in [2.45, 2.75) is 0 Å². The molecule has 2 heterocycles. The van der Waals surface area contributed by atoms with E-state index in [0.29, 0.717) is 26.8 Å². The molecule has 31 heavy (non-hydrogen) atoms. The van der Waals surface area contributed by atoms with Crippen molar-refractivity contribution in [1.82, 2.24) is 0 Å². The van der Waals surface area contributed by atoms with Gasteiger partial charge in [0.15, 0.2) is 11.2 Å². The van der Waals surface area contributed by atoms with Gasteiger partial charge in [0.05, 0.1) is 5.39 Å². The van der Waals surface area contributed by atoms with Crippen molar-refractivity contribution in [3.05, 3.63) is 113 Å². The maximum atomic E-state index is 13.5. The largest absolute Gasteiger partial charge is 0.858 e. The smallest absolute Gasteiger partial charge is 0.296 e. The van der Waals surface area contributed by atoms with Crippen LogP contribution in [0.4, 0.5) is 5.00 Å². The summed E-state index contributed by atoms with van der Waals surface area (Å²) < 4.78 is 1.82. The number of benzene rings is 3.